The van der Waals surface area contributed by atoms with E-state index < -0.39 is 36.2 Å². The van der Waals surface area contributed by atoms with Gasteiger partial charge in [0, 0.05) is 36.1 Å². The molecule has 178 valence electrons. The van der Waals surface area contributed by atoms with Crippen LogP contribution in [-0.2, 0) is 28.7 Å². The van der Waals surface area contributed by atoms with E-state index in [1.54, 1.807) is 32.6 Å². The van der Waals surface area contributed by atoms with Gasteiger partial charge in [-0.1, -0.05) is 6.92 Å². The predicted octanol–water partition coefficient (Wildman–Crippen LogP) is 1.50. The minimum atomic E-state index is -0.833. The van der Waals surface area contributed by atoms with Gasteiger partial charge in [0.25, 0.3) is 0 Å². The summed E-state index contributed by atoms with van der Waals surface area (Å²) in [5, 5.41) is 10.2. The van der Waals surface area contributed by atoms with Crippen LogP contribution < -0.4 is 0 Å². The number of ether oxygens (including phenoxy) is 2. The van der Waals surface area contributed by atoms with Crippen molar-refractivity contribution in [2.24, 2.45) is 17.3 Å². The number of carbonyl (C=O) groups is 4. The van der Waals surface area contributed by atoms with E-state index in [9.17, 15) is 24.3 Å². The van der Waals surface area contributed by atoms with Gasteiger partial charge in [-0.3, -0.25) is 14.4 Å². The number of aliphatic hydroxyl groups is 1. The Morgan fingerprint density at radius 2 is 1.91 bits per heavy atom. The van der Waals surface area contributed by atoms with Crippen LogP contribution in [0.3, 0.4) is 0 Å². The lowest BCUT2D eigenvalue weighted by atomic mass is 9.79. The molecule has 5 atom stereocenters. The van der Waals surface area contributed by atoms with Crippen molar-refractivity contribution in [1.82, 2.24) is 9.80 Å². The number of aliphatic hydroxyl groups excluding tert-OH is 1. The number of likely N-dealkylation sites (tertiary alicyclic amines) is 1. The van der Waals surface area contributed by atoms with E-state index >= 15 is 0 Å². The summed E-state index contributed by atoms with van der Waals surface area (Å²) in [6.07, 6.45) is -0.0509. The Morgan fingerprint density at radius 1 is 1.25 bits per heavy atom. The van der Waals surface area contributed by atoms with Crippen molar-refractivity contribution < 1.29 is 33.8 Å². The number of fused-ring (bicyclic) bond motifs is 1. The molecule has 0 aliphatic carbocycles. The highest BCUT2D eigenvalue weighted by Gasteiger charge is 2.60. The number of β-lactam (4-membered cyclic amide) rings is 1. The molecule has 0 saturated carbocycles. The summed E-state index contributed by atoms with van der Waals surface area (Å²) in [5.41, 5.74) is -0.578. The van der Waals surface area contributed by atoms with Crippen molar-refractivity contribution in [2.45, 2.75) is 65.4 Å². The molecule has 2 saturated heterocycles. The van der Waals surface area contributed by atoms with Crippen LogP contribution in [-0.4, -0.2) is 75.9 Å². The SMILES string of the molecule is CC(=O)N1CCC(SC2=C(C(=O)OCOC(=O)C(C)(C)C)N3C(=O)C(C(C)O)[C@H]3C2C)C1. The molecule has 1 N–H and O–H groups in total. The molecule has 3 heterocycles. The van der Waals surface area contributed by atoms with Gasteiger partial charge in [-0.25, -0.2) is 4.79 Å². The van der Waals surface area contributed by atoms with Gasteiger partial charge < -0.3 is 24.4 Å². The first kappa shape index (κ1) is 24.6. The minimum Gasteiger partial charge on any atom is -0.427 e. The molecule has 2 amide bonds. The van der Waals surface area contributed by atoms with Crippen LogP contribution in [0.2, 0.25) is 0 Å². The van der Waals surface area contributed by atoms with Crippen molar-refractivity contribution in [3.8, 4) is 0 Å². The summed E-state index contributed by atoms with van der Waals surface area (Å²) in [5.74, 6) is -2.29. The third kappa shape index (κ3) is 4.52. The van der Waals surface area contributed by atoms with Gasteiger partial charge in [-0.15, -0.1) is 11.8 Å². The number of hydrogen-bond acceptors (Lipinski definition) is 8. The minimum absolute atomic E-state index is 0.00927. The third-order valence-corrected chi connectivity index (χ3v) is 7.72. The Hall–Kier alpha value is -2.07. The van der Waals surface area contributed by atoms with Gasteiger partial charge in [-0.05, 0) is 34.1 Å². The molecule has 0 aromatic rings. The van der Waals surface area contributed by atoms with Crippen LogP contribution in [0.4, 0.5) is 0 Å². The fourth-order valence-electron chi connectivity index (χ4n) is 4.38. The van der Waals surface area contributed by atoms with Gasteiger partial charge in [0.2, 0.25) is 18.6 Å². The molecule has 2 fully saturated rings. The number of nitrogens with zero attached hydrogens (tertiary/aromatic N) is 2. The third-order valence-electron chi connectivity index (χ3n) is 6.18. The van der Waals surface area contributed by atoms with Crippen molar-refractivity contribution in [2.75, 3.05) is 19.9 Å². The molecule has 10 heteroatoms. The molecule has 0 aromatic heterocycles. The fraction of sp³-hybridized carbons (Fsp3) is 0.727. The number of thioether (sulfide) groups is 1. The fourth-order valence-corrected chi connectivity index (χ4v) is 5.86. The molecule has 4 unspecified atom stereocenters. The van der Waals surface area contributed by atoms with Crippen LogP contribution in [0.15, 0.2) is 10.6 Å². The van der Waals surface area contributed by atoms with Crippen LogP contribution in [0.25, 0.3) is 0 Å². The van der Waals surface area contributed by atoms with Crippen molar-refractivity contribution >= 4 is 35.5 Å². The zero-order valence-electron chi connectivity index (χ0n) is 19.4. The lowest BCUT2D eigenvalue weighted by molar-refractivity contribution is -0.175. The van der Waals surface area contributed by atoms with E-state index in [0.717, 1.165) is 6.42 Å². The Kier molecular flexibility index (Phi) is 6.95. The van der Waals surface area contributed by atoms with Crippen molar-refractivity contribution in [3.05, 3.63) is 10.6 Å². The number of carbonyl (C=O) groups excluding carboxylic acids is 4. The first-order valence-corrected chi connectivity index (χ1v) is 11.7. The Balaban J connectivity index is 1.78. The summed E-state index contributed by atoms with van der Waals surface area (Å²) in [6, 6.07) is -0.324. The average molecular weight is 469 g/mol. The normalized spacial score (nSPS) is 28.4. The predicted molar refractivity (Wildman–Crippen MR) is 117 cm³/mol. The van der Waals surface area contributed by atoms with Gasteiger partial charge in [0.1, 0.15) is 5.70 Å². The standard InChI is InChI=1S/C22H32N2O7S/c1-11-16-15(12(2)25)19(27)24(16)17(20(28)30-10-31-21(29)22(4,5)6)18(11)32-14-7-8-23(9-14)13(3)26/h11-12,14-16,25H,7-10H2,1-6H3/t11?,12?,14?,15?,16-/m1/s1. The molecule has 0 bridgehead atoms. The number of esters is 2. The van der Waals surface area contributed by atoms with Crippen LogP contribution in [0, 0.1) is 17.3 Å². The maximum absolute atomic E-state index is 13.0. The molecule has 0 radical (unpaired) electrons. The molecule has 0 spiro atoms. The number of hydrogen-bond donors (Lipinski definition) is 1. The van der Waals surface area contributed by atoms with Gasteiger partial charge in [-0.2, -0.15) is 0 Å². The molecular weight excluding hydrogens is 436 g/mol. The average Bonchev–Trinajstić information content (AvgIpc) is 3.23. The molecule has 32 heavy (non-hydrogen) atoms. The smallest absolute Gasteiger partial charge is 0.358 e. The van der Waals surface area contributed by atoms with Crippen LogP contribution in [0.5, 0.6) is 0 Å². The van der Waals surface area contributed by atoms with Gasteiger partial charge in [0.05, 0.1) is 23.5 Å². The summed E-state index contributed by atoms with van der Waals surface area (Å²) < 4.78 is 10.3. The van der Waals surface area contributed by atoms with Gasteiger partial charge in [0.15, 0.2) is 0 Å². The van der Waals surface area contributed by atoms with Crippen LogP contribution >= 0.6 is 11.8 Å². The quantitative estimate of drug-likeness (QED) is 0.354. The molecule has 3 rings (SSSR count). The summed E-state index contributed by atoms with van der Waals surface area (Å²) in [4.78, 5) is 53.3. The van der Waals surface area contributed by atoms with E-state index in [-0.39, 0.29) is 34.7 Å². The first-order chi connectivity index (χ1) is 14.8. The van der Waals surface area contributed by atoms with E-state index in [4.69, 9.17) is 9.47 Å². The molecule has 9 nitrogen and oxygen atoms in total. The lowest BCUT2D eigenvalue weighted by Crippen LogP contribution is -2.63. The number of rotatable bonds is 6. The summed E-state index contributed by atoms with van der Waals surface area (Å²) in [6.45, 7) is 10.8. The van der Waals surface area contributed by atoms with E-state index in [1.165, 1.54) is 23.6 Å². The van der Waals surface area contributed by atoms with E-state index in [2.05, 4.69) is 0 Å². The highest BCUT2D eigenvalue weighted by Crippen LogP contribution is 2.52. The maximum Gasteiger partial charge on any atom is 0.358 e. The molecule has 0 aromatic carbocycles. The highest BCUT2D eigenvalue weighted by atomic mass is 32.2. The Labute approximate surface area is 192 Å². The molecule has 3 aliphatic heterocycles. The summed E-state index contributed by atoms with van der Waals surface area (Å²) in [7, 11) is 0. The summed E-state index contributed by atoms with van der Waals surface area (Å²) >= 11 is 1.49. The van der Waals surface area contributed by atoms with Crippen molar-refractivity contribution in [3.63, 3.8) is 0 Å². The Morgan fingerprint density at radius 3 is 2.44 bits per heavy atom. The van der Waals surface area contributed by atoms with E-state index in [1.807, 2.05) is 6.92 Å². The van der Waals surface area contributed by atoms with E-state index in [0.29, 0.717) is 18.0 Å². The van der Waals surface area contributed by atoms with Gasteiger partial charge >= 0.3 is 11.9 Å². The number of amides is 2. The second kappa shape index (κ2) is 9.05. The maximum atomic E-state index is 13.0. The van der Waals surface area contributed by atoms with Crippen molar-refractivity contribution in [1.29, 1.82) is 0 Å². The zero-order chi connectivity index (χ0) is 24.0. The first-order valence-electron chi connectivity index (χ1n) is 10.9. The molecule has 3 aliphatic rings. The lowest BCUT2D eigenvalue weighted by Gasteiger charge is -2.46. The van der Waals surface area contributed by atoms with Crippen LogP contribution in [0.1, 0.15) is 48.0 Å². The highest BCUT2D eigenvalue weighted by molar-refractivity contribution is 8.03. The Bertz CT molecular complexity index is 848. The monoisotopic (exact) mass is 468 g/mol. The topological polar surface area (TPSA) is 113 Å². The molecular formula is C22H32N2O7S. The second-order valence-corrected chi connectivity index (χ2v) is 11.0. The zero-order valence-corrected chi connectivity index (χ0v) is 20.2. The largest absolute Gasteiger partial charge is 0.427 e. The second-order valence-electron chi connectivity index (χ2n) is 9.69.